The van der Waals surface area contributed by atoms with Crippen LogP contribution in [0.2, 0.25) is 0 Å². The number of carbonyl (C=O) groups excluding carboxylic acids is 2. The predicted molar refractivity (Wildman–Crippen MR) is 59.0 cm³/mol. The van der Waals surface area contributed by atoms with Gasteiger partial charge in [0.05, 0.1) is 13.2 Å². The monoisotopic (exact) mass is 238 g/mol. The fourth-order valence-corrected chi connectivity index (χ4v) is 1.19. The lowest BCUT2D eigenvalue weighted by molar-refractivity contribution is 0.0518. The second-order valence-corrected chi connectivity index (χ2v) is 3.08. The lowest BCUT2D eigenvalue weighted by Crippen LogP contribution is -2.09. The molecule has 0 saturated carbocycles. The molecule has 0 saturated heterocycles. The molecule has 0 bridgehead atoms. The molecule has 0 fully saturated rings. The summed E-state index contributed by atoms with van der Waals surface area (Å²) in [7, 11) is 0. The molecule has 0 amide bonds. The van der Waals surface area contributed by atoms with E-state index in [1.54, 1.807) is 26.0 Å². The molecule has 1 heterocycles. The van der Waals surface area contributed by atoms with E-state index in [4.69, 9.17) is 9.47 Å². The Hall–Kier alpha value is -2.07. The molecule has 92 valence electrons. The van der Waals surface area contributed by atoms with Crippen LogP contribution in [-0.2, 0) is 20.8 Å². The molecule has 0 spiro atoms. The van der Waals surface area contributed by atoms with E-state index in [0.29, 0.717) is 13.2 Å². The molecule has 17 heavy (non-hydrogen) atoms. The highest BCUT2D eigenvalue weighted by Gasteiger charge is 2.11. The van der Waals surface area contributed by atoms with Crippen LogP contribution in [0.15, 0.2) is 18.0 Å². The Morgan fingerprint density at radius 2 is 2.12 bits per heavy atom. The SMILES string of the molecule is CCOC(=O)c1ccn(CC(=C=O)OCC)n1. The summed E-state index contributed by atoms with van der Waals surface area (Å²) in [5.41, 5.74) is 0.202. The van der Waals surface area contributed by atoms with Gasteiger partial charge < -0.3 is 9.47 Å². The third-order valence-corrected chi connectivity index (χ3v) is 1.86. The average Bonchev–Trinajstić information content (AvgIpc) is 2.77. The molecule has 1 aromatic rings. The summed E-state index contributed by atoms with van der Waals surface area (Å²) >= 11 is 0. The Balaban J connectivity index is 2.68. The summed E-state index contributed by atoms with van der Waals surface area (Å²) in [4.78, 5) is 21.8. The first kappa shape index (κ1) is 13.0. The van der Waals surface area contributed by atoms with Gasteiger partial charge in [0.1, 0.15) is 6.54 Å². The minimum atomic E-state index is -0.487. The van der Waals surface area contributed by atoms with Gasteiger partial charge >= 0.3 is 5.97 Å². The van der Waals surface area contributed by atoms with Crippen LogP contribution in [0.3, 0.4) is 0 Å². The van der Waals surface area contributed by atoms with Gasteiger partial charge in [-0.05, 0) is 19.9 Å². The Bertz CT molecular complexity index is 432. The normalized spacial score (nSPS) is 9.53. The van der Waals surface area contributed by atoms with Crippen LogP contribution in [0.5, 0.6) is 0 Å². The number of esters is 1. The summed E-state index contributed by atoms with van der Waals surface area (Å²) < 4.78 is 11.2. The van der Waals surface area contributed by atoms with Gasteiger partial charge in [-0.2, -0.15) is 5.10 Å². The molecule has 6 nitrogen and oxygen atoms in total. The van der Waals surface area contributed by atoms with E-state index in [2.05, 4.69) is 5.10 Å². The highest BCUT2D eigenvalue weighted by molar-refractivity contribution is 5.86. The molecule has 6 heteroatoms. The van der Waals surface area contributed by atoms with Crippen molar-refractivity contribution in [3.8, 4) is 0 Å². The molecule has 0 atom stereocenters. The first-order valence-corrected chi connectivity index (χ1v) is 5.28. The summed E-state index contributed by atoms with van der Waals surface area (Å²) in [5.74, 6) is 1.34. The van der Waals surface area contributed by atoms with E-state index >= 15 is 0 Å². The summed E-state index contributed by atoms with van der Waals surface area (Å²) in [6, 6.07) is 1.52. The van der Waals surface area contributed by atoms with Crippen LogP contribution in [-0.4, -0.2) is 34.9 Å². The van der Waals surface area contributed by atoms with Gasteiger partial charge in [0, 0.05) is 6.20 Å². The van der Waals surface area contributed by atoms with Crippen molar-refractivity contribution in [1.82, 2.24) is 9.78 Å². The van der Waals surface area contributed by atoms with Crippen LogP contribution in [0.4, 0.5) is 0 Å². The van der Waals surface area contributed by atoms with Gasteiger partial charge in [-0.25, -0.2) is 9.59 Å². The van der Waals surface area contributed by atoms with Gasteiger partial charge in [0.25, 0.3) is 0 Å². The Morgan fingerprint density at radius 3 is 2.71 bits per heavy atom. The van der Waals surface area contributed by atoms with E-state index in [1.165, 1.54) is 10.7 Å². The molecule has 0 aromatic carbocycles. The number of nitrogens with zero attached hydrogens (tertiary/aromatic N) is 2. The zero-order valence-electron chi connectivity index (χ0n) is 9.80. The van der Waals surface area contributed by atoms with Crippen LogP contribution in [0.1, 0.15) is 24.3 Å². The van der Waals surface area contributed by atoms with Gasteiger partial charge in [-0.1, -0.05) is 0 Å². The van der Waals surface area contributed by atoms with Crippen molar-refractivity contribution in [3.63, 3.8) is 0 Å². The lowest BCUT2D eigenvalue weighted by Gasteiger charge is -2.04. The number of hydrogen-bond donors (Lipinski definition) is 0. The molecule has 0 N–H and O–H groups in total. The molecule has 0 radical (unpaired) electrons. The molecular formula is C11H14N2O4. The third-order valence-electron chi connectivity index (χ3n) is 1.86. The maximum Gasteiger partial charge on any atom is 0.358 e. The molecular weight excluding hydrogens is 224 g/mol. The van der Waals surface area contributed by atoms with Gasteiger partial charge in [0.15, 0.2) is 11.6 Å². The number of rotatable bonds is 6. The number of ether oxygens (including phenoxy) is 2. The van der Waals surface area contributed by atoms with Crippen molar-refractivity contribution >= 4 is 11.9 Å². The van der Waals surface area contributed by atoms with Gasteiger partial charge in [-0.3, -0.25) is 4.68 Å². The minimum absolute atomic E-state index is 0.144. The first-order chi connectivity index (χ1) is 8.21. The number of allylic oxidation sites excluding steroid dienone is 1. The standard InChI is InChI=1S/C11H14N2O4/c1-3-16-9(8-14)7-13-6-5-10(12-13)11(15)17-4-2/h5-6H,3-4,7H2,1-2H3. The summed E-state index contributed by atoms with van der Waals surface area (Å²) in [5, 5.41) is 3.96. The fourth-order valence-electron chi connectivity index (χ4n) is 1.19. The smallest absolute Gasteiger partial charge is 0.358 e. The van der Waals surface area contributed by atoms with Crippen LogP contribution in [0.25, 0.3) is 0 Å². The third kappa shape index (κ3) is 3.77. The number of hydrogen-bond acceptors (Lipinski definition) is 5. The molecule has 0 aliphatic heterocycles. The van der Waals surface area contributed by atoms with Crippen molar-refractivity contribution in [3.05, 3.63) is 23.7 Å². The molecule has 1 rings (SSSR count). The van der Waals surface area contributed by atoms with E-state index in [1.807, 2.05) is 0 Å². The topological polar surface area (TPSA) is 70.4 Å². The number of carbonyl (C=O) groups is 1. The predicted octanol–water partition coefficient (Wildman–Crippen LogP) is 0.812. The summed E-state index contributed by atoms with van der Waals surface area (Å²) in [6.45, 7) is 4.32. The maximum absolute atomic E-state index is 11.3. The van der Waals surface area contributed by atoms with Crippen LogP contribution in [0, 0.1) is 0 Å². The molecule has 0 aliphatic rings. The van der Waals surface area contributed by atoms with Crippen molar-refractivity contribution in [2.45, 2.75) is 20.4 Å². The minimum Gasteiger partial charge on any atom is -0.485 e. The zero-order valence-corrected chi connectivity index (χ0v) is 9.80. The van der Waals surface area contributed by atoms with Crippen molar-refractivity contribution < 1.29 is 19.1 Å². The first-order valence-electron chi connectivity index (χ1n) is 5.28. The van der Waals surface area contributed by atoms with E-state index in [0.717, 1.165) is 0 Å². The van der Waals surface area contributed by atoms with E-state index < -0.39 is 5.97 Å². The maximum atomic E-state index is 11.3. The van der Waals surface area contributed by atoms with Crippen molar-refractivity contribution in [1.29, 1.82) is 0 Å². The van der Waals surface area contributed by atoms with E-state index in [-0.39, 0.29) is 18.0 Å². The second kappa shape index (κ2) is 6.50. The van der Waals surface area contributed by atoms with Gasteiger partial charge in [0.2, 0.25) is 5.76 Å². The zero-order chi connectivity index (χ0) is 12.7. The van der Waals surface area contributed by atoms with Crippen molar-refractivity contribution in [2.24, 2.45) is 0 Å². The molecule has 0 unspecified atom stereocenters. The second-order valence-electron chi connectivity index (χ2n) is 3.08. The van der Waals surface area contributed by atoms with Gasteiger partial charge in [-0.15, -0.1) is 0 Å². The lowest BCUT2D eigenvalue weighted by atomic mass is 10.4. The quantitative estimate of drug-likeness (QED) is 0.416. The summed E-state index contributed by atoms with van der Waals surface area (Å²) in [6.07, 6.45) is 1.57. The largest absolute Gasteiger partial charge is 0.485 e. The van der Waals surface area contributed by atoms with Crippen LogP contribution >= 0.6 is 0 Å². The Morgan fingerprint density at radius 1 is 1.41 bits per heavy atom. The Kier molecular flexibility index (Phi) is 4.97. The fraction of sp³-hybridized carbons (Fsp3) is 0.455. The Labute approximate surface area is 98.8 Å². The number of aromatic nitrogens is 2. The average molecular weight is 238 g/mol. The van der Waals surface area contributed by atoms with E-state index in [9.17, 15) is 9.59 Å². The molecule has 0 aliphatic carbocycles. The van der Waals surface area contributed by atoms with Crippen molar-refractivity contribution in [2.75, 3.05) is 13.2 Å². The highest BCUT2D eigenvalue weighted by atomic mass is 16.5. The molecule has 1 aromatic heterocycles. The highest BCUT2D eigenvalue weighted by Crippen LogP contribution is 2.02. The van der Waals surface area contributed by atoms with Crippen LogP contribution < -0.4 is 0 Å².